The molecule has 6 rings (SSSR count). The highest BCUT2D eigenvalue weighted by molar-refractivity contribution is 5.79. The molecule has 1 saturated carbocycles. The molecule has 0 saturated heterocycles. The first kappa shape index (κ1) is 19.9. The summed E-state index contributed by atoms with van der Waals surface area (Å²) in [6, 6.07) is 10.3. The zero-order valence-electron chi connectivity index (χ0n) is 18.4. The molecule has 1 aliphatic rings. The third kappa shape index (κ3) is 4.29. The molecule has 0 aromatic carbocycles. The maximum Gasteiger partial charge on any atom is 0.114 e. The molecule has 0 spiro atoms. The number of nitrogens with one attached hydrogen (secondary N) is 2. The summed E-state index contributed by atoms with van der Waals surface area (Å²) in [4.78, 5) is 12.5. The van der Waals surface area contributed by atoms with Crippen LogP contribution in [0.3, 0.4) is 0 Å². The van der Waals surface area contributed by atoms with Crippen molar-refractivity contribution in [3.63, 3.8) is 0 Å². The van der Waals surface area contributed by atoms with Gasteiger partial charge in [-0.05, 0) is 55.6 Å². The van der Waals surface area contributed by atoms with E-state index in [1.807, 2.05) is 58.6 Å². The van der Waals surface area contributed by atoms with E-state index in [4.69, 9.17) is 0 Å². The Hall–Kier alpha value is -3.78. The largest absolute Gasteiger partial charge is 0.357 e. The topological polar surface area (TPSA) is 89.2 Å². The molecule has 166 valence electrons. The number of hydrogen-bond donors (Lipinski definition) is 2. The lowest BCUT2D eigenvalue weighted by Crippen LogP contribution is -2.26. The fraction of sp³-hybridized carbons (Fsp3) is 0.280. The number of fused-ring (bicyclic) bond motifs is 1. The van der Waals surface area contributed by atoms with Crippen molar-refractivity contribution in [2.24, 2.45) is 5.92 Å². The average molecular weight is 439 g/mol. The first-order valence-electron chi connectivity index (χ1n) is 11.5. The van der Waals surface area contributed by atoms with E-state index in [-0.39, 0.29) is 0 Å². The van der Waals surface area contributed by atoms with Gasteiger partial charge in [0, 0.05) is 53.5 Å². The van der Waals surface area contributed by atoms with Gasteiger partial charge in [0.05, 0.1) is 30.3 Å². The molecule has 1 aliphatic carbocycles. The Bertz CT molecular complexity index is 1360. The Kier molecular flexibility index (Phi) is 5.20. The average Bonchev–Trinajstić information content (AvgIpc) is 3.56. The molecule has 2 N–H and O–H groups in total. The molecular formula is C25H26N8. The summed E-state index contributed by atoms with van der Waals surface area (Å²) in [6.07, 6.45) is 15.6. The highest BCUT2D eigenvalue weighted by atomic mass is 15.4. The van der Waals surface area contributed by atoms with Crippen LogP contribution in [0.5, 0.6) is 0 Å². The summed E-state index contributed by atoms with van der Waals surface area (Å²) in [5.41, 5.74) is 5.94. The normalized spacial score (nSPS) is 14.1. The van der Waals surface area contributed by atoms with E-state index in [1.54, 1.807) is 0 Å². The van der Waals surface area contributed by atoms with Gasteiger partial charge in [0.15, 0.2) is 0 Å². The van der Waals surface area contributed by atoms with Crippen LogP contribution in [0.1, 0.15) is 30.7 Å². The number of hydrogen-bond acceptors (Lipinski definition) is 5. The van der Waals surface area contributed by atoms with Gasteiger partial charge >= 0.3 is 0 Å². The molecule has 5 aromatic heterocycles. The Morgan fingerprint density at radius 1 is 1.06 bits per heavy atom. The molecule has 0 aliphatic heterocycles. The van der Waals surface area contributed by atoms with Gasteiger partial charge in [-0.25, -0.2) is 4.68 Å². The van der Waals surface area contributed by atoms with Crippen LogP contribution >= 0.6 is 0 Å². The van der Waals surface area contributed by atoms with Gasteiger partial charge in [-0.1, -0.05) is 11.6 Å². The van der Waals surface area contributed by atoms with Crippen LogP contribution in [0, 0.1) is 5.92 Å². The number of H-pyrrole nitrogens is 1. The minimum atomic E-state index is 0.557. The van der Waals surface area contributed by atoms with Gasteiger partial charge in [0.1, 0.15) is 5.69 Å². The number of rotatable bonds is 8. The second-order valence-electron chi connectivity index (χ2n) is 8.81. The number of nitrogens with zero attached hydrogens (tertiary/aromatic N) is 6. The first-order chi connectivity index (χ1) is 16.3. The van der Waals surface area contributed by atoms with Crippen LogP contribution in [-0.2, 0) is 13.1 Å². The van der Waals surface area contributed by atoms with Crippen molar-refractivity contribution in [1.29, 1.82) is 0 Å². The minimum absolute atomic E-state index is 0.557. The van der Waals surface area contributed by atoms with Crippen molar-refractivity contribution in [3.8, 4) is 16.9 Å². The molecule has 0 bridgehead atoms. The lowest BCUT2D eigenvalue weighted by molar-refractivity contribution is 0.301. The van der Waals surface area contributed by atoms with Gasteiger partial charge in [0.25, 0.3) is 0 Å². The number of pyridine rings is 2. The van der Waals surface area contributed by atoms with E-state index < -0.39 is 0 Å². The molecule has 0 atom stereocenters. The number of aromatic nitrogens is 7. The third-order valence-electron chi connectivity index (χ3n) is 6.37. The molecule has 1 fully saturated rings. The van der Waals surface area contributed by atoms with Crippen molar-refractivity contribution >= 4 is 10.9 Å². The van der Waals surface area contributed by atoms with Crippen molar-refractivity contribution < 1.29 is 0 Å². The molecule has 8 heteroatoms. The van der Waals surface area contributed by atoms with Crippen molar-refractivity contribution in [3.05, 3.63) is 78.9 Å². The van der Waals surface area contributed by atoms with E-state index in [1.165, 1.54) is 25.0 Å². The second kappa shape index (κ2) is 8.63. The molecular weight excluding hydrogens is 412 g/mol. The Morgan fingerprint density at radius 2 is 1.97 bits per heavy atom. The quantitative estimate of drug-likeness (QED) is 0.383. The maximum atomic E-state index is 4.63. The summed E-state index contributed by atoms with van der Waals surface area (Å²) < 4.78 is 3.84. The zero-order chi connectivity index (χ0) is 22.0. The lowest BCUT2D eigenvalue weighted by Gasteiger charge is -2.25. The van der Waals surface area contributed by atoms with E-state index in [0.717, 1.165) is 52.5 Å². The van der Waals surface area contributed by atoms with Gasteiger partial charge < -0.3 is 14.9 Å². The maximum absolute atomic E-state index is 4.63. The van der Waals surface area contributed by atoms with Gasteiger partial charge in [-0.3, -0.25) is 9.97 Å². The number of aromatic amines is 1. The minimum Gasteiger partial charge on any atom is -0.357 e. The van der Waals surface area contributed by atoms with Crippen LogP contribution in [0.2, 0.25) is 0 Å². The molecule has 5 heterocycles. The van der Waals surface area contributed by atoms with E-state index in [2.05, 4.69) is 48.8 Å². The first-order valence-corrected chi connectivity index (χ1v) is 11.5. The van der Waals surface area contributed by atoms with Crippen molar-refractivity contribution in [1.82, 2.24) is 39.8 Å². The second-order valence-corrected chi connectivity index (χ2v) is 8.81. The Balaban J connectivity index is 1.15. The van der Waals surface area contributed by atoms with Crippen LogP contribution < -0.4 is 5.32 Å². The molecule has 0 radical (unpaired) electrons. The summed E-state index contributed by atoms with van der Waals surface area (Å²) in [6.45, 7) is 2.53. The standard InChI is InChI=1S/C25H26N8/c1-2-7-32(6-1)23-9-20(12-27-15-23)25-17-33(31-30-25)16-22-10-24-19(13-28-22)8-21(29-24)14-26-11-18-4-3-5-18/h1-2,6-10,12-13,15,17-18,26,29H,3-5,11,14,16H2. The third-order valence-corrected chi connectivity index (χ3v) is 6.37. The van der Waals surface area contributed by atoms with Crippen LogP contribution in [0.15, 0.2) is 67.5 Å². The SMILES string of the molecule is c1ccn(-c2cncc(-c3cn(Cc4cc5[nH]c(CNCC6CCC6)cc5cn4)nn3)c2)c1. The van der Waals surface area contributed by atoms with Gasteiger partial charge in [0.2, 0.25) is 0 Å². The highest BCUT2D eigenvalue weighted by Gasteiger charge is 2.16. The Morgan fingerprint density at radius 3 is 2.82 bits per heavy atom. The lowest BCUT2D eigenvalue weighted by atomic mass is 9.85. The molecule has 8 nitrogen and oxygen atoms in total. The van der Waals surface area contributed by atoms with Crippen molar-refractivity contribution in [2.45, 2.75) is 32.4 Å². The van der Waals surface area contributed by atoms with E-state index in [9.17, 15) is 0 Å². The summed E-state index contributed by atoms with van der Waals surface area (Å²) in [5, 5.41) is 13.4. The van der Waals surface area contributed by atoms with Crippen LogP contribution in [0.4, 0.5) is 0 Å². The summed E-state index contributed by atoms with van der Waals surface area (Å²) in [5.74, 6) is 0.863. The van der Waals surface area contributed by atoms with E-state index >= 15 is 0 Å². The van der Waals surface area contributed by atoms with Gasteiger partial charge in [-0.2, -0.15) is 0 Å². The summed E-state index contributed by atoms with van der Waals surface area (Å²) >= 11 is 0. The predicted octanol–water partition coefficient (Wildman–Crippen LogP) is 3.95. The monoisotopic (exact) mass is 438 g/mol. The zero-order valence-corrected chi connectivity index (χ0v) is 18.4. The van der Waals surface area contributed by atoms with Crippen LogP contribution in [-0.4, -0.2) is 41.1 Å². The fourth-order valence-corrected chi connectivity index (χ4v) is 4.31. The molecule has 5 aromatic rings. The molecule has 33 heavy (non-hydrogen) atoms. The van der Waals surface area contributed by atoms with Crippen molar-refractivity contribution in [2.75, 3.05) is 6.54 Å². The molecule has 0 unspecified atom stereocenters. The predicted molar refractivity (Wildman–Crippen MR) is 127 cm³/mol. The van der Waals surface area contributed by atoms with Gasteiger partial charge in [-0.15, -0.1) is 5.10 Å². The molecule has 0 amide bonds. The van der Waals surface area contributed by atoms with E-state index in [0.29, 0.717) is 6.54 Å². The smallest absolute Gasteiger partial charge is 0.114 e. The highest BCUT2D eigenvalue weighted by Crippen LogP contribution is 2.25. The van der Waals surface area contributed by atoms with Crippen LogP contribution in [0.25, 0.3) is 27.8 Å². The summed E-state index contributed by atoms with van der Waals surface area (Å²) in [7, 11) is 0. The fourth-order valence-electron chi connectivity index (χ4n) is 4.31. The Labute approximate surface area is 191 Å².